The van der Waals surface area contributed by atoms with Gasteiger partial charge in [-0.3, -0.25) is 9.78 Å². The van der Waals surface area contributed by atoms with Crippen LogP contribution >= 0.6 is 0 Å². The fourth-order valence-corrected chi connectivity index (χ4v) is 3.37. The number of fused-ring (bicyclic) bond motifs is 3. The van der Waals surface area contributed by atoms with Crippen LogP contribution in [-0.2, 0) is 14.3 Å². The highest BCUT2D eigenvalue weighted by Gasteiger charge is 2.16. The van der Waals surface area contributed by atoms with Crippen LogP contribution in [0.5, 0.6) is 0 Å². The van der Waals surface area contributed by atoms with Gasteiger partial charge in [0.15, 0.2) is 0 Å². The summed E-state index contributed by atoms with van der Waals surface area (Å²) >= 11 is 0. The van der Waals surface area contributed by atoms with Crippen molar-refractivity contribution >= 4 is 51.4 Å². The van der Waals surface area contributed by atoms with E-state index in [1.807, 2.05) is 30.3 Å². The van der Waals surface area contributed by atoms with Crippen molar-refractivity contribution in [2.45, 2.75) is 0 Å². The first-order valence-corrected chi connectivity index (χ1v) is 9.66. The van der Waals surface area contributed by atoms with Gasteiger partial charge in [0.2, 0.25) is 5.91 Å². The first-order valence-electron chi connectivity index (χ1n) is 9.66. The van der Waals surface area contributed by atoms with E-state index in [4.69, 9.17) is 9.47 Å². The van der Waals surface area contributed by atoms with Crippen molar-refractivity contribution in [2.24, 2.45) is 0 Å². The predicted octanol–water partition coefficient (Wildman–Crippen LogP) is 3.94. The Kier molecular flexibility index (Phi) is 5.67. The first kappa shape index (κ1) is 20.8. The fraction of sp³-hybridized carbons (Fsp3) is 0.0833. The number of nitrogens with one attached hydrogen (secondary N) is 2. The number of aromatic amines is 1. The molecule has 2 heterocycles. The minimum atomic E-state index is -0.646. The van der Waals surface area contributed by atoms with Crippen molar-refractivity contribution in [2.75, 3.05) is 19.5 Å². The molecule has 2 aromatic heterocycles. The number of methoxy groups -OCH3 is 2. The van der Waals surface area contributed by atoms with Crippen LogP contribution in [0.1, 0.15) is 26.4 Å². The van der Waals surface area contributed by atoms with Gasteiger partial charge >= 0.3 is 11.9 Å². The third-order valence-electron chi connectivity index (χ3n) is 4.92. The number of para-hydroxylation sites is 1. The summed E-state index contributed by atoms with van der Waals surface area (Å²) in [5, 5.41) is 4.67. The Hall–Kier alpha value is -4.46. The van der Waals surface area contributed by atoms with Crippen LogP contribution < -0.4 is 5.32 Å². The van der Waals surface area contributed by atoms with Crippen LogP contribution in [0, 0.1) is 0 Å². The summed E-state index contributed by atoms with van der Waals surface area (Å²) in [5.41, 5.74) is 2.92. The van der Waals surface area contributed by atoms with Gasteiger partial charge in [0, 0.05) is 22.4 Å². The van der Waals surface area contributed by atoms with Crippen molar-refractivity contribution in [3.05, 3.63) is 77.6 Å². The Morgan fingerprint density at radius 3 is 2.50 bits per heavy atom. The van der Waals surface area contributed by atoms with Crippen molar-refractivity contribution in [1.82, 2.24) is 9.97 Å². The molecule has 2 aromatic carbocycles. The molecule has 0 fully saturated rings. The summed E-state index contributed by atoms with van der Waals surface area (Å²) in [7, 11) is 2.48. The summed E-state index contributed by atoms with van der Waals surface area (Å²) in [6.45, 7) is 0. The zero-order valence-corrected chi connectivity index (χ0v) is 17.3. The smallest absolute Gasteiger partial charge is 0.339 e. The van der Waals surface area contributed by atoms with Crippen LogP contribution in [0.25, 0.3) is 27.9 Å². The lowest BCUT2D eigenvalue weighted by atomic mass is 10.1. The van der Waals surface area contributed by atoms with Crippen LogP contribution in [-0.4, -0.2) is 42.0 Å². The highest BCUT2D eigenvalue weighted by molar-refractivity contribution is 6.09. The highest BCUT2D eigenvalue weighted by Crippen LogP contribution is 2.25. The van der Waals surface area contributed by atoms with Gasteiger partial charge in [-0.15, -0.1) is 0 Å². The number of carbonyl (C=O) groups is 3. The molecule has 32 heavy (non-hydrogen) atoms. The van der Waals surface area contributed by atoms with Crippen molar-refractivity contribution < 1.29 is 23.9 Å². The van der Waals surface area contributed by atoms with Gasteiger partial charge in [0.1, 0.15) is 0 Å². The lowest BCUT2D eigenvalue weighted by Gasteiger charge is -2.10. The topological polar surface area (TPSA) is 110 Å². The second kappa shape index (κ2) is 8.73. The van der Waals surface area contributed by atoms with E-state index in [1.54, 1.807) is 12.3 Å². The van der Waals surface area contributed by atoms with E-state index in [-0.39, 0.29) is 16.8 Å². The molecule has 0 aliphatic carbocycles. The average molecular weight is 429 g/mol. The number of anilines is 1. The summed E-state index contributed by atoms with van der Waals surface area (Å²) in [5.74, 6) is -1.74. The van der Waals surface area contributed by atoms with Crippen LogP contribution in [0.2, 0.25) is 0 Å². The van der Waals surface area contributed by atoms with Gasteiger partial charge in [0.25, 0.3) is 0 Å². The molecule has 1 amide bonds. The molecule has 0 unspecified atom stereocenters. The summed E-state index contributed by atoms with van der Waals surface area (Å²) < 4.78 is 9.44. The van der Waals surface area contributed by atoms with E-state index in [0.29, 0.717) is 5.69 Å². The number of benzene rings is 2. The Morgan fingerprint density at radius 2 is 1.72 bits per heavy atom. The SMILES string of the molecule is COC(=O)c1ccc(C(=O)OC)c(NC(=O)/C=C/c2cc3c(cn2)[nH]c2ccccc23)c1. The Morgan fingerprint density at radius 1 is 0.938 bits per heavy atom. The summed E-state index contributed by atoms with van der Waals surface area (Å²) in [6, 6.07) is 14.0. The minimum absolute atomic E-state index is 0.111. The molecule has 4 aromatic rings. The standard InChI is InChI=1S/C24H19N3O5/c1-31-23(29)14-7-9-17(24(30)32-2)20(11-14)27-22(28)10-8-15-12-18-16-5-3-4-6-19(16)26-21(18)13-25-15/h3-13,26H,1-2H3,(H,27,28)/b10-8+. The second-order valence-electron chi connectivity index (χ2n) is 6.89. The molecule has 0 radical (unpaired) electrons. The van der Waals surface area contributed by atoms with E-state index in [0.717, 1.165) is 21.8 Å². The molecule has 0 atom stereocenters. The molecular formula is C24H19N3O5. The third kappa shape index (κ3) is 4.06. The quantitative estimate of drug-likeness (QED) is 0.367. The molecule has 0 aliphatic rings. The average Bonchev–Trinajstić information content (AvgIpc) is 3.19. The van der Waals surface area contributed by atoms with E-state index < -0.39 is 17.8 Å². The number of rotatable bonds is 5. The zero-order chi connectivity index (χ0) is 22.7. The molecule has 0 spiro atoms. The number of amides is 1. The molecule has 8 nitrogen and oxygen atoms in total. The van der Waals surface area contributed by atoms with E-state index in [1.165, 1.54) is 38.5 Å². The van der Waals surface area contributed by atoms with E-state index in [9.17, 15) is 14.4 Å². The van der Waals surface area contributed by atoms with Crippen molar-refractivity contribution in [3.8, 4) is 0 Å². The van der Waals surface area contributed by atoms with Gasteiger partial charge in [0.05, 0.1) is 48.4 Å². The molecular weight excluding hydrogens is 410 g/mol. The molecule has 8 heteroatoms. The molecule has 0 aliphatic heterocycles. The number of carbonyl (C=O) groups excluding carboxylic acids is 3. The largest absolute Gasteiger partial charge is 0.465 e. The number of esters is 2. The highest BCUT2D eigenvalue weighted by atomic mass is 16.5. The number of pyridine rings is 1. The summed E-state index contributed by atoms with van der Waals surface area (Å²) in [6.07, 6.45) is 4.58. The number of H-pyrrole nitrogens is 1. The molecule has 2 N–H and O–H groups in total. The second-order valence-corrected chi connectivity index (χ2v) is 6.89. The van der Waals surface area contributed by atoms with Crippen LogP contribution in [0.15, 0.2) is 60.8 Å². The fourth-order valence-electron chi connectivity index (χ4n) is 3.37. The Balaban J connectivity index is 1.59. The Labute approximate surface area is 182 Å². The van der Waals surface area contributed by atoms with E-state index in [2.05, 4.69) is 15.3 Å². The number of nitrogens with zero attached hydrogens (tertiary/aromatic N) is 1. The lowest BCUT2D eigenvalue weighted by molar-refractivity contribution is -0.111. The minimum Gasteiger partial charge on any atom is -0.465 e. The number of hydrogen-bond acceptors (Lipinski definition) is 6. The number of ether oxygens (including phenoxy) is 2. The molecule has 0 saturated carbocycles. The zero-order valence-electron chi connectivity index (χ0n) is 17.3. The maximum absolute atomic E-state index is 12.5. The number of hydrogen-bond donors (Lipinski definition) is 2. The molecule has 0 bridgehead atoms. The van der Waals surface area contributed by atoms with Gasteiger partial charge in [-0.1, -0.05) is 18.2 Å². The monoisotopic (exact) mass is 429 g/mol. The molecule has 4 rings (SSSR count). The van der Waals surface area contributed by atoms with E-state index >= 15 is 0 Å². The first-order chi connectivity index (χ1) is 15.5. The maximum atomic E-state index is 12.5. The number of aromatic nitrogens is 2. The van der Waals surface area contributed by atoms with Crippen LogP contribution in [0.4, 0.5) is 5.69 Å². The van der Waals surface area contributed by atoms with Gasteiger partial charge in [-0.25, -0.2) is 9.59 Å². The van der Waals surface area contributed by atoms with Gasteiger partial charge < -0.3 is 19.8 Å². The predicted molar refractivity (Wildman–Crippen MR) is 120 cm³/mol. The third-order valence-corrected chi connectivity index (χ3v) is 4.92. The van der Waals surface area contributed by atoms with Crippen molar-refractivity contribution in [3.63, 3.8) is 0 Å². The Bertz CT molecular complexity index is 1390. The molecule has 0 saturated heterocycles. The lowest BCUT2D eigenvalue weighted by Crippen LogP contribution is -2.14. The maximum Gasteiger partial charge on any atom is 0.339 e. The molecule has 160 valence electrons. The summed E-state index contributed by atoms with van der Waals surface area (Å²) in [4.78, 5) is 44.0. The van der Waals surface area contributed by atoms with Gasteiger partial charge in [-0.2, -0.15) is 0 Å². The van der Waals surface area contributed by atoms with Gasteiger partial charge in [-0.05, 0) is 36.4 Å². The van der Waals surface area contributed by atoms with Crippen LogP contribution in [0.3, 0.4) is 0 Å². The normalized spacial score (nSPS) is 11.1. The van der Waals surface area contributed by atoms with Crippen molar-refractivity contribution in [1.29, 1.82) is 0 Å².